The summed E-state index contributed by atoms with van der Waals surface area (Å²) in [5.41, 5.74) is 2.55. The molecule has 0 aromatic heterocycles. The van der Waals surface area contributed by atoms with E-state index in [0.29, 0.717) is 0 Å². The van der Waals surface area contributed by atoms with Gasteiger partial charge in [-0.1, -0.05) is 72.1 Å². The lowest BCUT2D eigenvalue weighted by molar-refractivity contribution is 0.145. The highest BCUT2D eigenvalue weighted by molar-refractivity contribution is 6.06. The Morgan fingerprint density at radius 2 is 1.56 bits per heavy atom. The van der Waals surface area contributed by atoms with Gasteiger partial charge in [-0.3, -0.25) is 0 Å². The standard InChI is InChI=1S/C25H44N2/c1-18-15-23-11-8-12-24(16-18)22(13-14-25-17-20(3)26-27-25)10-7-5-6-9-19(2)21(23)4/h18-19,21-24H,5-17H2,1-4H3. The maximum Gasteiger partial charge on any atom is 0.0462 e. The van der Waals surface area contributed by atoms with Crippen LogP contribution < -0.4 is 0 Å². The average molecular weight is 373 g/mol. The minimum Gasteiger partial charge on any atom is -0.160 e. The Bertz CT molecular complexity index is 520. The topological polar surface area (TPSA) is 24.7 Å². The lowest BCUT2D eigenvalue weighted by Crippen LogP contribution is -2.26. The second-order valence-corrected chi connectivity index (χ2v) is 10.5. The molecule has 154 valence electrons. The van der Waals surface area contributed by atoms with E-state index in [0.717, 1.165) is 41.9 Å². The lowest BCUT2D eigenvalue weighted by atomic mass is 9.69. The number of hydrogen-bond acceptors (Lipinski definition) is 2. The van der Waals surface area contributed by atoms with Gasteiger partial charge in [-0.05, 0) is 68.1 Å². The van der Waals surface area contributed by atoms with Crippen molar-refractivity contribution in [2.45, 2.75) is 111 Å². The van der Waals surface area contributed by atoms with Crippen LogP contribution in [-0.2, 0) is 0 Å². The van der Waals surface area contributed by atoms with Crippen LogP contribution in [0.25, 0.3) is 0 Å². The van der Waals surface area contributed by atoms with Gasteiger partial charge in [0.05, 0.1) is 0 Å². The summed E-state index contributed by atoms with van der Waals surface area (Å²) in [5, 5.41) is 8.70. The largest absolute Gasteiger partial charge is 0.160 e. The summed E-state index contributed by atoms with van der Waals surface area (Å²) in [4.78, 5) is 0. The molecule has 0 N–H and O–H groups in total. The molecule has 0 amide bonds. The van der Waals surface area contributed by atoms with Gasteiger partial charge in [0.15, 0.2) is 0 Å². The predicted octanol–water partition coefficient (Wildman–Crippen LogP) is 7.67. The van der Waals surface area contributed by atoms with E-state index >= 15 is 0 Å². The molecule has 3 fully saturated rings. The molecule has 6 atom stereocenters. The van der Waals surface area contributed by atoms with Crippen LogP contribution in [0.15, 0.2) is 10.2 Å². The molecule has 0 aromatic carbocycles. The van der Waals surface area contributed by atoms with Crippen LogP contribution in [0.5, 0.6) is 0 Å². The quantitative estimate of drug-likeness (QED) is 0.485. The second kappa shape index (κ2) is 10.2. The molecule has 2 nitrogen and oxygen atoms in total. The first-order chi connectivity index (χ1) is 13.0. The van der Waals surface area contributed by atoms with Crippen molar-refractivity contribution in [1.29, 1.82) is 0 Å². The number of hydrogen-bond donors (Lipinski definition) is 0. The Labute approximate surface area is 168 Å². The molecule has 0 saturated heterocycles. The summed E-state index contributed by atoms with van der Waals surface area (Å²) in [6.07, 6.45) is 18.2. The minimum atomic E-state index is 0.910. The molecule has 4 rings (SSSR count). The smallest absolute Gasteiger partial charge is 0.0462 e. The molecule has 3 aliphatic carbocycles. The van der Waals surface area contributed by atoms with E-state index in [1.807, 2.05) is 0 Å². The molecule has 0 aromatic rings. The maximum absolute atomic E-state index is 4.43. The van der Waals surface area contributed by atoms with Crippen LogP contribution in [0.3, 0.4) is 0 Å². The van der Waals surface area contributed by atoms with Crippen LogP contribution in [0, 0.1) is 35.5 Å². The normalized spacial score (nSPS) is 39.0. The summed E-state index contributed by atoms with van der Waals surface area (Å²) < 4.78 is 0. The number of nitrogens with zero attached hydrogens (tertiary/aromatic N) is 2. The van der Waals surface area contributed by atoms with Gasteiger partial charge >= 0.3 is 0 Å². The van der Waals surface area contributed by atoms with Crippen molar-refractivity contribution in [2.75, 3.05) is 0 Å². The van der Waals surface area contributed by atoms with E-state index in [1.54, 1.807) is 0 Å². The second-order valence-electron chi connectivity index (χ2n) is 10.5. The van der Waals surface area contributed by atoms with Crippen molar-refractivity contribution >= 4 is 11.4 Å². The molecule has 1 aliphatic heterocycles. The maximum atomic E-state index is 4.43. The zero-order chi connectivity index (χ0) is 19.2. The molecule has 0 radical (unpaired) electrons. The van der Waals surface area contributed by atoms with E-state index in [9.17, 15) is 0 Å². The first-order valence-electron chi connectivity index (χ1n) is 12.1. The molecule has 6 unspecified atom stereocenters. The predicted molar refractivity (Wildman–Crippen MR) is 119 cm³/mol. The zero-order valence-electron chi connectivity index (χ0n) is 18.6. The van der Waals surface area contributed by atoms with E-state index in [-0.39, 0.29) is 0 Å². The molecule has 3 saturated carbocycles. The van der Waals surface area contributed by atoms with Crippen LogP contribution in [0.2, 0.25) is 0 Å². The number of rotatable bonds is 3. The summed E-state index contributed by atoms with van der Waals surface area (Å²) in [7, 11) is 0. The zero-order valence-corrected chi connectivity index (χ0v) is 18.6. The monoisotopic (exact) mass is 372 g/mol. The Balaban J connectivity index is 1.65. The van der Waals surface area contributed by atoms with Crippen LogP contribution >= 0.6 is 0 Å². The molecule has 2 heteroatoms. The van der Waals surface area contributed by atoms with Gasteiger partial charge in [-0.15, -0.1) is 0 Å². The SMILES string of the molecule is CC1=NN=C(CCC2CCCCCC(C)C(C)C3CCCC2CC(C)C3)C1. The van der Waals surface area contributed by atoms with Crippen molar-refractivity contribution < 1.29 is 0 Å². The van der Waals surface area contributed by atoms with Gasteiger partial charge in [-0.2, -0.15) is 10.2 Å². The molecule has 1 heterocycles. The first-order valence-corrected chi connectivity index (χ1v) is 12.1. The Kier molecular flexibility index (Phi) is 7.97. The Morgan fingerprint density at radius 1 is 0.815 bits per heavy atom. The molecular formula is C25H44N2. The summed E-state index contributed by atoms with van der Waals surface area (Å²) in [6, 6.07) is 0. The van der Waals surface area contributed by atoms with Crippen molar-refractivity contribution in [3.8, 4) is 0 Å². The third-order valence-corrected chi connectivity index (χ3v) is 8.23. The van der Waals surface area contributed by atoms with Crippen LogP contribution in [0.4, 0.5) is 0 Å². The van der Waals surface area contributed by atoms with E-state index in [4.69, 9.17) is 0 Å². The van der Waals surface area contributed by atoms with Gasteiger partial charge in [0.2, 0.25) is 0 Å². The Hall–Kier alpha value is -0.660. The van der Waals surface area contributed by atoms with Gasteiger partial charge in [-0.25, -0.2) is 0 Å². The van der Waals surface area contributed by atoms with Crippen LogP contribution in [0.1, 0.15) is 111 Å². The fourth-order valence-corrected chi connectivity index (χ4v) is 6.32. The van der Waals surface area contributed by atoms with E-state index in [2.05, 4.69) is 37.9 Å². The van der Waals surface area contributed by atoms with Crippen molar-refractivity contribution in [3.05, 3.63) is 0 Å². The summed E-state index contributed by atoms with van der Waals surface area (Å²) in [6.45, 7) is 9.77. The van der Waals surface area contributed by atoms with E-state index in [1.165, 1.54) is 88.5 Å². The van der Waals surface area contributed by atoms with E-state index < -0.39 is 0 Å². The van der Waals surface area contributed by atoms with Gasteiger partial charge in [0.1, 0.15) is 0 Å². The minimum absolute atomic E-state index is 0.910. The van der Waals surface area contributed by atoms with Crippen LogP contribution in [-0.4, -0.2) is 11.4 Å². The highest BCUT2D eigenvalue weighted by atomic mass is 15.2. The summed E-state index contributed by atoms with van der Waals surface area (Å²) in [5.74, 6) is 5.60. The fourth-order valence-electron chi connectivity index (χ4n) is 6.32. The fraction of sp³-hybridized carbons (Fsp3) is 0.920. The Morgan fingerprint density at radius 3 is 2.33 bits per heavy atom. The molecule has 0 spiro atoms. The highest BCUT2D eigenvalue weighted by Gasteiger charge is 2.31. The average Bonchev–Trinajstić information content (AvgIpc) is 3.04. The molecular weight excluding hydrogens is 328 g/mol. The molecule has 2 bridgehead atoms. The third-order valence-electron chi connectivity index (χ3n) is 8.23. The van der Waals surface area contributed by atoms with Gasteiger partial charge in [0, 0.05) is 17.8 Å². The third kappa shape index (κ3) is 6.16. The lowest BCUT2D eigenvalue weighted by Gasteiger charge is -2.36. The van der Waals surface area contributed by atoms with Crippen molar-refractivity contribution in [2.24, 2.45) is 45.7 Å². The molecule has 4 aliphatic rings. The summed E-state index contributed by atoms with van der Waals surface area (Å²) >= 11 is 0. The number of fused-ring (bicyclic) bond motifs is 11. The van der Waals surface area contributed by atoms with Crippen molar-refractivity contribution in [3.63, 3.8) is 0 Å². The van der Waals surface area contributed by atoms with Gasteiger partial charge < -0.3 is 0 Å². The first kappa shape index (κ1) is 21.1. The highest BCUT2D eigenvalue weighted by Crippen LogP contribution is 2.42. The van der Waals surface area contributed by atoms with Crippen molar-refractivity contribution in [1.82, 2.24) is 0 Å². The van der Waals surface area contributed by atoms with Gasteiger partial charge in [0.25, 0.3) is 0 Å². The molecule has 27 heavy (non-hydrogen) atoms.